The van der Waals surface area contributed by atoms with Crippen molar-refractivity contribution in [1.82, 2.24) is 19.7 Å². The van der Waals surface area contributed by atoms with E-state index in [0.717, 1.165) is 11.3 Å². The normalized spacial score (nSPS) is 17.6. The molecule has 38 heavy (non-hydrogen) atoms. The number of aliphatic hydroxyl groups excluding tert-OH is 2. The van der Waals surface area contributed by atoms with Crippen LogP contribution in [-0.4, -0.2) is 73.0 Å². The Balaban J connectivity index is 1.35. The highest BCUT2D eigenvalue weighted by molar-refractivity contribution is 7.13. The lowest BCUT2D eigenvalue weighted by Gasteiger charge is -2.27. The number of nitrogens with one attached hydrogen (secondary N) is 1. The van der Waals surface area contributed by atoms with Gasteiger partial charge in [0.25, 0.3) is 5.91 Å². The molecular formula is C26H31N5O6S. The monoisotopic (exact) mass is 541 g/mol. The van der Waals surface area contributed by atoms with Crippen molar-refractivity contribution in [2.24, 2.45) is 0 Å². The Labute approximate surface area is 224 Å². The van der Waals surface area contributed by atoms with E-state index >= 15 is 0 Å². The largest absolute Gasteiger partial charge is 0.450 e. The van der Waals surface area contributed by atoms with E-state index in [9.17, 15) is 24.6 Å². The summed E-state index contributed by atoms with van der Waals surface area (Å²) in [5.41, 5.74) is 2.33. The van der Waals surface area contributed by atoms with Crippen LogP contribution in [0.1, 0.15) is 56.3 Å². The fraction of sp³-hybridized carbons (Fsp3) is 0.423. The first kappa shape index (κ1) is 27.4. The highest BCUT2D eigenvalue weighted by Gasteiger charge is 2.39. The molecule has 12 heteroatoms. The van der Waals surface area contributed by atoms with Gasteiger partial charge in [0, 0.05) is 30.7 Å². The summed E-state index contributed by atoms with van der Waals surface area (Å²) in [5.74, 6) is -1.57. The molecule has 0 spiro atoms. The predicted octanol–water partition coefficient (Wildman–Crippen LogP) is 3.05. The van der Waals surface area contributed by atoms with E-state index in [0.29, 0.717) is 30.2 Å². The van der Waals surface area contributed by atoms with Crippen LogP contribution >= 0.6 is 11.3 Å². The van der Waals surface area contributed by atoms with E-state index in [4.69, 9.17) is 4.74 Å². The summed E-state index contributed by atoms with van der Waals surface area (Å²) in [6.07, 6.45) is 0.422. The molecule has 1 aromatic carbocycles. The first-order valence-corrected chi connectivity index (χ1v) is 13.3. The van der Waals surface area contributed by atoms with Gasteiger partial charge in [-0.2, -0.15) is 5.10 Å². The molecule has 11 nitrogen and oxygen atoms in total. The second-order valence-electron chi connectivity index (χ2n) is 9.12. The van der Waals surface area contributed by atoms with Crippen molar-refractivity contribution in [3.63, 3.8) is 0 Å². The van der Waals surface area contributed by atoms with Gasteiger partial charge in [-0.3, -0.25) is 14.9 Å². The number of hydrogen-bond donors (Lipinski definition) is 3. The molecule has 3 heterocycles. The molecule has 0 unspecified atom stereocenters. The van der Waals surface area contributed by atoms with E-state index in [1.807, 2.05) is 43.5 Å². The first-order valence-electron chi connectivity index (χ1n) is 12.5. The SMILES string of the molecule is CCOC(=O)Nc1nc([C@H]2CCCN2C(=O)[C@H](O)[C@@H](O)C(=O)C[C@H](C)c2ccc(-n3cccn3)cc2)cs1. The topological polar surface area (TPSA) is 147 Å². The second kappa shape index (κ2) is 12.3. The predicted molar refractivity (Wildman–Crippen MR) is 140 cm³/mol. The number of thiazole rings is 1. The molecule has 0 saturated carbocycles. The Hall–Kier alpha value is -3.61. The number of carbonyl (C=O) groups excluding carboxylic acids is 3. The summed E-state index contributed by atoms with van der Waals surface area (Å²) in [7, 11) is 0. The lowest BCUT2D eigenvalue weighted by Crippen LogP contribution is -2.47. The number of anilines is 1. The third kappa shape index (κ3) is 6.26. The highest BCUT2D eigenvalue weighted by atomic mass is 32.1. The van der Waals surface area contributed by atoms with Gasteiger partial charge < -0.3 is 19.8 Å². The molecule has 0 aliphatic carbocycles. The molecule has 4 rings (SSSR count). The highest BCUT2D eigenvalue weighted by Crippen LogP contribution is 2.34. The van der Waals surface area contributed by atoms with Crippen molar-refractivity contribution in [2.75, 3.05) is 18.5 Å². The molecule has 0 radical (unpaired) electrons. The van der Waals surface area contributed by atoms with Crippen molar-refractivity contribution < 1.29 is 29.3 Å². The van der Waals surface area contributed by atoms with Gasteiger partial charge in [-0.25, -0.2) is 14.5 Å². The van der Waals surface area contributed by atoms with Crippen molar-refractivity contribution in [1.29, 1.82) is 0 Å². The first-order chi connectivity index (χ1) is 18.3. The Morgan fingerprint density at radius 1 is 1.21 bits per heavy atom. The lowest BCUT2D eigenvalue weighted by molar-refractivity contribution is -0.153. The fourth-order valence-electron chi connectivity index (χ4n) is 4.49. The average molecular weight is 542 g/mol. The summed E-state index contributed by atoms with van der Waals surface area (Å²) in [6.45, 7) is 4.13. The minimum Gasteiger partial charge on any atom is -0.450 e. The zero-order valence-corrected chi connectivity index (χ0v) is 22.0. The number of likely N-dealkylation sites (tertiary alicyclic amines) is 1. The van der Waals surface area contributed by atoms with Crippen LogP contribution in [-0.2, 0) is 14.3 Å². The molecular weight excluding hydrogens is 510 g/mol. The van der Waals surface area contributed by atoms with Gasteiger partial charge in [0.15, 0.2) is 17.0 Å². The number of amides is 2. The summed E-state index contributed by atoms with van der Waals surface area (Å²) in [4.78, 5) is 43.3. The maximum atomic E-state index is 13.1. The lowest BCUT2D eigenvalue weighted by atomic mass is 9.92. The van der Waals surface area contributed by atoms with E-state index in [1.54, 1.807) is 23.2 Å². The van der Waals surface area contributed by atoms with Gasteiger partial charge >= 0.3 is 6.09 Å². The summed E-state index contributed by atoms with van der Waals surface area (Å²) in [5, 5.41) is 30.0. The van der Waals surface area contributed by atoms with E-state index in [2.05, 4.69) is 15.4 Å². The molecule has 202 valence electrons. The Bertz CT molecular complexity index is 1250. The van der Waals surface area contributed by atoms with Crippen molar-refractivity contribution in [2.45, 2.75) is 57.3 Å². The summed E-state index contributed by atoms with van der Waals surface area (Å²) >= 11 is 1.20. The molecule has 4 atom stereocenters. The van der Waals surface area contributed by atoms with Crippen molar-refractivity contribution in [3.8, 4) is 5.69 Å². The number of aromatic nitrogens is 3. The molecule has 1 aliphatic rings. The van der Waals surface area contributed by atoms with Crippen LogP contribution in [0, 0.1) is 0 Å². The zero-order chi connectivity index (χ0) is 27.2. The van der Waals surface area contributed by atoms with E-state index in [1.165, 1.54) is 16.2 Å². The van der Waals surface area contributed by atoms with Gasteiger partial charge in [0.05, 0.1) is 24.0 Å². The van der Waals surface area contributed by atoms with Crippen molar-refractivity contribution in [3.05, 3.63) is 59.4 Å². The van der Waals surface area contributed by atoms with Crippen LogP contribution in [0.15, 0.2) is 48.1 Å². The summed E-state index contributed by atoms with van der Waals surface area (Å²) < 4.78 is 6.57. The van der Waals surface area contributed by atoms with Crippen LogP contribution in [0.25, 0.3) is 5.69 Å². The molecule has 0 bridgehead atoms. The van der Waals surface area contributed by atoms with Crippen LogP contribution in [0.4, 0.5) is 9.93 Å². The van der Waals surface area contributed by atoms with E-state index < -0.39 is 36.0 Å². The summed E-state index contributed by atoms with van der Waals surface area (Å²) in [6, 6.07) is 8.94. The Morgan fingerprint density at radius 3 is 2.66 bits per heavy atom. The number of Topliss-reactive ketones (excluding diaryl/α,β-unsaturated/α-hetero) is 1. The maximum Gasteiger partial charge on any atom is 0.413 e. The Morgan fingerprint density at radius 2 is 1.97 bits per heavy atom. The third-order valence-corrected chi connectivity index (χ3v) is 7.28. The minimum absolute atomic E-state index is 0.0367. The third-order valence-electron chi connectivity index (χ3n) is 6.50. The van der Waals surface area contributed by atoms with Crippen LogP contribution < -0.4 is 5.32 Å². The van der Waals surface area contributed by atoms with Gasteiger partial charge in [-0.1, -0.05) is 19.1 Å². The number of carbonyl (C=O) groups is 3. The molecule has 1 aliphatic heterocycles. The number of hydrogen-bond acceptors (Lipinski definition) is 9. The minimum atomic E-state index is -1.88. The number of ketones is 1. The number of rotatable bonds is 10. The van der Waals surface area contributed by atoms with Gasteiger partial charge in [-0.05, 0) is 49.4 Å². The number of aliphatic hydroxyl groups is 2. The van der Waals surface area contributed by atoms with Gasteiger partial charge in [0.1, 0.15) is 6.10 Å². The van der Waals surface area contributed by atoms with Gasteiger partial charge in [0.2, 0.25) is 0 Å². The van der Waals surface area contributed by atoms with Crippen LogP contribution in [0.3, 0.4) is 0 Å². The van der Waals surface area contributed by atoms with Crippen LogP contribution in [0.5, 0.6) is 0 Å². The maximum absolute atomic E-state index is 13.1. The molecule has 3 aromatic rings. The second-order valence-corrected chi connectivity index (χ2v) is 9.97. The number of ether oxygens (including phenoxy) is 1. The quantitative estimate of drug-likeness (QED) is 0.355. The molecule has 2 amide bonds. The average Bonchev–Trinajstić information content (AvgIpc) is 3.69. The zero-order valence-electron chi connectivity index (χ0n) is 21.2. The van der Waals surface area contributed by atoms with Crippen LogP contribution in [0.2, 0.25) is 0 Å². The molecule has 1 saturated heterocycles. The smallest absolute Gasteiger partial charge is 0.413 e. The van der Waals surface area contributed by atoms with E-state index in [-0.39, 0.29) is 18.9 Å². The molecule has 1 fully saturated rings. The molecule has 2 aromatic heterocycles. The fourth-order valence-corrected chi connectivity index (χ4v) is 5.23. The standard InChI is InChI=1S/C26H31N5O6S/c1-3-37-26(36)29-25-28-19(15-38-25)20-6-4-12-30(20)24(35)23(34)22(33)21(32)14-16(2)17-7-9-18(10-8-17)31-13-5-11-27-31/h5,7-11,13,15-16,20,22-23,33-34H,3-4,6,12,14H2,1-2H3,(H,28,29,36)/t16-,20+,22-,23+/m0/s1. The number of nitrogens with zero attached hydrogens (tertiary/aromatic N) is 4. The Kier molecular flexibility index (Phi) is 8.87. The van der Waals surface area contributed by atoms with Crippen molar-refractivity contribution >= 4 is 34.3 Å². The number of benzene rings is 1. The molecule has 3 N–H and O–H groups in total. The van der Waals surface area contributed by atoms with Gasteiger partial charge in [-0.15, -0.1) is 11.3 Å².